The number of carboxylic acids is 1. The summed E-state index contributed by atoms with van der Waals surface area (Å²) in [4.78, 5) is 37.1. The minimum absolute atomic E-state index is 0.0212. The fourth-order valence-corrected chi connectivity index (χ4v) is 3.17. The van der Waals surface area contributed by atoms with E-state index in [1.54, 1.807) is 0 Å². The van der Waals surface area contributed by atoms with Crippen LogP contribution in [0.5, 0.6) is 0 Å². The number of rotatable bonds is 4. The smallest absolute Gasteiger partial charge is 0.307 e. The van der Waals surface area contributed by atoms with Gasteiger partial charge in [0.1, 0.15) is 0 Å². The minimum atomic E-state index is -0.895. The van der Waals surface area contributed by atoms with Crippen LogP contribution in [0.15, 0.2) is 24.3 Å². The minimum Gasteiger partial charge on any atom is -0.481 e. The third-order valence-electron chi connectivity index (χ3n) is 4.87. The van der Waals surface area contributed by atoms with E-state index in [1.807, 2.05) is 36.1 Å². The zero-order valence-corrected chi connectivity index (χ0v) is 13.7. The maximum absolute atomic E-state index is 12.4. The highest BCUT2D eigenvalue weighted by molar-refractivity contribution is 5.94. The number of carbonyl (C=O) groups is 3. The van der Waals surface area contributed by atoms with Crippen molar-refractivity contribution in [1.29, 1.82) is 0 Å². The van der Waals surface area contributed by atoms with E-state index >= 15 is 0 Å². The van der Waals surface area contributed by atoms with E-state index in [1.165, 1.54) is 0 Å². The molecule has 1 aliphatic carbocycles. The average molecular weight is 330 g/mol. The van der Waals surface area contributed by atoms with E-state index in [-0.39, 0.29) is 23.8 Å². The molecule has 2 fully saturated rings. The van der Waals surface area contributed by atoms with Crippen molar-refractivity contribution in [3.05, 3.63) is 35.4 Å². The standard InChI is InChI=1S/C18H22N2O4/c1-11-2-4-12(5-3-11)17(22)20-8-6-13(7-9-20)19-16(21)14-10-15(14)18(23)24/h2-5,13-15H,6-10H2,1H3,(H,19,21)(H,23,24). The van der Waals surface area contributed by atoms with Gasteiger partial charge in [0.25, 0.3) is 5.91 Å². The number of amides is 2. The van der Waals surface area contributed by atoms with Crippen LogP contribution >= 0.6 is 0 Å². The predicted octanol–water partition coefficient (Wildman–Crippen LogP) is 1.44. The summed E-state index contributed by atoms with van der Waals surface area (Å²) in [6.07, 6.45) is 1.84. The van der Waals surface area contributed by atoms with Gasteiger partial charge in [0.05, 0.1) is 11.8 Å². The van der Waals surface area contributed by atoms with Gasteiger partial charge in [0, 0.05) is 24.7 Å². The topological polar surface area (TPSA) is 86.7 Å². The van der Waals surface area contributed by atoms with Crippen LogP contribution in [-0.2, 0) is 9.59 Å². The van der Waals surface area contributed by atoms with E-state index in [2.05, 4.69) is 5.32 Å². The molecule has 0 aromatic heterocycles. The van der Waals surface area contributed by atoms with Gasteiger partial charge in [-0.1, -0.05) is 17.7 Å². The molecule has 6 nitrogen and oxygen atoms in total. The average Bonchev–Trinajstić information content (AvgIpc) is 3.37. The van der Waals surface area contributed by atoms with Gasteiger partial charge in [-0.05, 0) is 38.3 Å². The molecule has 0 spiro atoms. The lowest BCUT2D eigenvalue weighted by atomic mass is 10.0. The van der Waals surface area contributed by atoms with E-state index < -0.39 is 11.9 Å². The first-order valence-corrected chi connectivity index (χ1v) is 8.35. The molecule has 2 unspecified atom stereocenters. The number of aliphatic carboxylic acids is 1. The quantitative estimate of drug-likeness (QED) is 0.874. The van der Waals surface area contributed by atoms with Crippen LogP contribution in [0, 0.1) is 18.8 Å². The van der Waals surface area contributed by atoms with Gasteiger partial charge in [0.15, 0.2) is 0 Å². The van der Waals surface area contributed by atoms with Crippen LogP contribution in [0.4, 0.5) is 0 Å². The summed E-state index contributed by atoms with van der Waals surface area (Å²) in [7, 11) is 0. The van der Waals surface area contributed by atoms with Crippen LogP contribution in [0.3, 0.4) is 0 Å². The van der Waals surface area contributed by atoms with Gasteiger partial charge >= 0.3 is 5.97 Å². The van der Waals surface area contributed by atoms with Crippen molar-refractivity contribution < 1.29 is 19.5 Å². The molecule has 2 N–H and O–H groups in total. The third kappa shape index (κ3) is 3.58. The molecule has 1 heterocycles. The lowest BCUT2D eigenvalue weighted by Gasteiger charge is -2.32. The van der Waals surface area contributed by atoms with Gasteiger partial charge < -0.3 is 15.3 Å². The Morgan fingerprint density at radius 2 is 1.71 bits per heavy atom. The number of carboxylic acid groups (broad SMARTS) is 1. The Kier molecular flexibility index (Phi) is 4.55. The number of hydrogen-bond acceptors (Lipinski definition) is 3. The van der Waals surface area contributed by atoms with E-state index in [9.17, 15) is 14.4 Å². The Morgan fingerprint density at radius 3 is 2.25 bits per heavy atom. The first-order valence-electron chi connectivity index (χ1n) is 8.35. The summed E-state index contributed by atoms with van der Waals surface area (Å²) in [6.45, 7) is 3.19. The highest BCUT2D eigenvalue weighted by Gasteiger charge is 2.48. The highest BCUT2D eigenvalue weighted by Crippen LogP contribution is 2.38. The van der Waals surface area contributed by atoms with Crippen LogP contribution in [0.1, 0.15) is 35.2 Å². The maximum Gasteiger partial charge on any atom is 0.307 e. The molecule has 0 bridgehead atoms. The summed E-state index contributed by atoms with van der Waals surface area (Å²) in [6, 6.07) is 7.55. The number of aryl methyl sites for hydroxylation is 1. The van der Waals surface area contributed by atoms with Crippen LogP contribution in [-0.4, -0.2) is 46.9 Å². The number of carbonyl (C=O) groups excluding carboxylic acids is 2. The number of hydrogen-bond donors (Lipinski definition) is 2. The van der Waals surface area contributed by atoms with Gasteiger partial charge in [-0.2, -0.15) is 0 Å². The predicted molar refractivity (Wildman–Crippen MR) is 87.5 cm³/mol. The zero-order chi connectivity index (χ0) is 17.3. The summed E-state index contributed by atoms with van der Waals surface area (Å²) in [5.41, 5.74) is 1.80. The van der Waals surface area contributed by atoms with Crippen molar-refractivity contribution in [3.63, 3.8) is 0 Å². The van der Waals surface area contributed by atoms with Gasteiger partial charge in [-0.25, -0.2) is 0 Å². The Balaban J connectivity index is 1.47. The lowest BCUT2D eigenvalue weighted by molar-refractivity contribution is -0.140. The van der Waals surface area contributed by atoms with Crippen molar-refractivity contribution >= 4 is 17.8 Å². The van der Waals surface area contributed by atoms with Crippen LogP contribution in [0.2, 0.25) is 0 Å². The molecule has 128 valence electrons. The fraction of sp³-hybridized carbons (Fsp3) is 0.500. The molecule has 1 aromatic carbocycles. The highest BCUT2D eigenvalue weighted by atomic mass is 16.4. The molecule has 6 heteroatoms. The van der Waals surface area contributed by atoms with Crippen molar-refractivity contribution in [2.24, 2.45) is 11.8 Å². The molecule has 1 saturated heterocycles. The SMILES string of the molecule is Cc1ccc(C(=O)N2CCC(NC(=O)C3CC3C(=O)O)CC2)cc1. The number of piperidine rings is 1. The Morgan fingerprint density at radius 1 is 1.08 bits per heavy atom. The largest absolute Gasteiger partial charge is 0.481 e. The Hall–Kier alpha value is -2.37. The summed E-state index contributed by atoms with van der Waals surface area (Å²) in [5, 5.41) is 11.8. The number of benzene rings is 1. The molecule has 1 aliphatic heterocycles. The maximum atomic E-state index is 12.4. The molecular formula is C18H22N2O4. The molecular weight excluding hydrogens is 308 g/mol. The zero-order valence-electron chi connectivity index (χ0n) is 13.7. The van der Waals surface area contributed by atoms with Crippen molar-refractivity contribution in [2.75, 3.05) is 13.1 Å². The molecule has 1 saturated carbocycles. The second-order valence-corrected chi connectivity index (χ2v) is 6.73. The fourth-order valence-electron chi connectivity index (χ4n) is 3.17. The third-order valence-corrected chi connectivity index (χ3v) is 4.87. The Labute approximate surface area is 140 Å². The normalized spacial score (nSPS) is 23.6. The molecule has 1 aromatic rings. The van der Waals surface area contributed by atoms with Crippen LogP contribution in [0.25, 0.3) is 0 Å². The second-order valence-electron chi connectivity index (χ2n) is 6.73. The second kappa shape index (κ2) is 6.63. The molecule has 0 radical (unpaired) electrons. The number of nitrogens with zero attached hydrogens (tertiary/aromatic N) is 1. The monoisotopic (exact) mass is 330 g/mol. The number of nitrogens with one attached hydrogen (secondary N) is 1. The first kappa shape index (κ1) is 16.5. The van der Waals surface area contributed by atoms with Gasteiger partial charge in [-0.3, -0.25) is 14.4 Å². The van der Waals surface area contributed by atoms with Crippen LogP contribution < -0.4 is 5.32 Å². The Bertz CT molecular complexity index is 647. The summed E-state index contributed by atoms with van der Waals surface area (Å²) >= 11 is 0. The van der Waals surface area contributed by atoms with Crippen molar-refractivity contribution in [2.45, 2.75) is 32.2 Å². The molecule has 2 amide bonds. The molecule has 2 aliphatic rings. The summed E-state index contributed by atoms with van der Waals surface area (Å²) < 4.78 is 0. The molecule has 24 heavy (non-hydrogen) atoms. The van der Waals surface area contributed by atoms with E-state index in [0.717, 1.165) is 5.56 Å². The van der Waals surface area contributed by atoms with E-state index in [4.69, 9.17) is 5.11 Å². The molecule has 3 rings (SSSR count). The summed E-state index contributed by atoms with van der Waals surface area (Å²) in [5.74, 6) is -1.93. The van der Waals surface area contributed by atoms with Gasteiger partial charge in [0.2, 0.25) is 5.91 Å². The van der Waals surface area contributed by atoms with Crippen molar-refractivity contribution in [1.82, 2.24) is 10.2 Å². The number of likely N-dealkylation sites (tertiary alicyclic amines) is 1. The first-order chi connectivity index (χ1) is 11.5. The molecule has 2 atom stereocenters. The van der Waals surface area contributed by atoms with Crippen molar-refractivity contribution in [3.8, 4) is 0 Å². The van der Waals surface area contributed by atoms with Gasteiger partial charge in [-0.15, -0.1) is 0 Å². The lowest BCUT2D eigenvalue weighted by Crippen LogP contribution is -2.47. The van der Waals surface area contributed by atoms with E-state index in [0.29, 0.717) is 37.9 Å².